The number of aromatic nitrogens is 4. The zero-order chi connectivity index (χ0) is 15.4. The number of hydrogen-bond acceptors (Lipinski definition) is 5. The van der Waals surface area contributed by atoms with E-state index in [1.807, 2.05) is 22.6 Å². The largest absolute Gasteiger partial charge is 0.392 e. The second kappa shape index (κ2) is 7.07. The Hall–Kier alpha value is -1.36. The van der Waals surface area contributed by atoms with E-state index < -0.39 is 19.1 Å². The van der Waals surface area contributed by atoms with Crippen LogP contribution in [0.4, 0.5) is 14.7 Å². The van der Waals surface area contributed by atoms with E-state index >= 15 is 0 Å². The fraction of sp³-hybridized carbons (Fsp3) is 0.417. The van der Waals surface area contributed by atoms with Crippen molar-refractivity contribution in [2.75, 3.05) is 11.9 Å². The number of rotatable bonds is 6. The summed E-state index contributed by atoms with van der Waals surface area (Å²) in [6.07, 6.45) is 0.121. The lowest BCUT2D eigenvalue weighted by Crippen LogP contribution is -2.16. The molecule has 0 radical (unpaired) electrons. The van der Waals surface area contributed by atoms with Crippen molar-refractivity contribution in [2.45, 2.75) is 26.0 Å². The molecule has 0 aliphatic carbocycles. The molecule has 0 amide bonds. The summed E-state index contributed by atoms with van der Waals surface area (Å²) in [4.78, 5) is 8.33. The van der Waals surface area contributed by atoms with E-state index in [1.54, 1.807) is 19.2 Å². The summed E-state index contributed by atoms with van der Waals surface area (Å²) in [7, 11) is 0. The third kappa shape index (κ3) is 4.56. The second-order valence-electron chi connectivity index (χ2n) is 4.44. The van der Waals surface area contributed by atoms with Gasteiger partial charge >= 0.3 is 0 Å². The molecule has 0 bridgehead atoms. The van der Waals surface area contributed by atoms with Gasteiger partial charge in [-0.2, -0.15) is 5.10 Å². The molecule has 0 aliphatic rings. The zero-order valence-electron chi connectivity index (χ0n) is 11.2. The number of nitrogens with one attached hydrogen (secondary N) is 1. The maximum atomic E-state index is 12.4. The molecule has 2 rings (SSSR count). The number of alkyl halides is 2. The quantitative estimate of drug-likeness (QED) is 0.715. The summed E-state index contributed by atoms with van der Waals surface area (Å²) in [5, 5.41) is 16.2. The van der Waals surface area contributed by atoms with E-state index in [2.05, 4.69) is 20.4 Å². The Morgan fingerprint density at radius 1 is 1.48 bits per heavy atom. The van der Waals surface area contributed by atoms with Gasteiger partial charge in [-0.05, 0) is 35.6 Å². The van der Waals surface area contributed by atoms with Crippen LogP contribution in [0, 0.1) is 3.70 Å². The number of nitrogens with zero attached hydrogens (tertiary/aromatic N) is 4. The van der Waals surface area contributed by atoms with Gasteiger partial charge in [0.1, 0.15) is 10.2 Å². The molecular weight excluding hydrogens is 395 g/mol. The third-order valence-electron chi connectivity index (χ3n) is 2.53. The van der Waals surface area contributed by atoms with Crippen molar-refractivity contribution in [1.82, 2.24) is 19.7 Å². The Bertz CT molecular complexity index is 605. The third-order valence-corrected chi connectivity index (χ3v) is 3.33. The van der Waals surface area contributed by atoms with Gasteiger partial charge < -0.3 is 10.4 Å². The Balaban J connectivity index is 2.21. The van der Waals surface area contributed by atoms with Crippen molar-refractivity contribution in [3.8, 4) is 11.3 Å². The van der Waals surface area contributed by atoms with Gasteiger partial charge in [0.2, 0.25) is 5.95 Å². The lowest BCUT2D eigenvalue weighted by Gasteiger charge is -2.07. The highest BCUT2D eigenvalue weighted by Gasteiger charge is 2.13. The van der Waals surface area contributed by atoms with Crippen LogP contribution in [0.25, 0.3) is 11.3 Å². The molecule has 2 N–H and O–H groups in total. The molecule has 2 aromatic rings. The maximum Gasteiger partial charge on any atom is 0.257 e. The van der Waals surface area contributed by atoms with Gasteiger partial charge in [-0.15, -0.1) is 0 Å². The Morgan fingerprint density at radius 3 is 2.90 bits per heavy atom. The fourth-order valence-electron chi connectivity index (χ4n) is 1.64. The summed E-state index contributed by atoms with van der Waals surface area (Å²) in [6.45, 7) is 1.52. The van der Waals surface area contributed by atoms with Crippen molar-refractivity contribution in [3.63, 3.8) is 0 Å². The molecule has 0 unspecified atom stereocenters. The number of aliphatic hydroxyl groups is 1. The van der Waals surface area contributed by atoms with Gasteiger partial charge in [-0.3, -0.25) is 4.68 Å². The first-order chi connectivity index (χ1) is 9.95. The lowest BCUT2D eigenvalue weighted by atomic mass is 10.2. The van der Waals surface area contributed by atoms with Gasteiger partial charge in [0, 0.05) is 18.9 Å². The van der Waals surface area contributed by atoms with Crippen LogP contribution in [0.1, 0.15) is 6.92 Å². The first-order valence-electron chi connectivity index (χ1n) is 6.22. The minimum atomic E-state index is -2.46. The maximum absolute atomic E-state index is 12.4. The van der Waals surface area contributed by atoms with Crippen molar-refractivity contribution in [2.24, 2.45) is 0 Å². The molecule has 0 fully saturated rings. The van der Waals surface area contributed by atoms with Crippen LogP contribution in [0.3, 0.4) is 0 Å². The zero-order valence-corrected chi connectivity index (χ0v) is 13.3. The Labute approximate surface area is 133 Å². The average molecular weight is 409 g/mol. The second-order valence-corrected chi connectivity index (χ2v) is 5.46. The van der Waals surface area contributed by atoms with Gasteiger partial charge in [0.25, 0.3) is 6.43 Å². The highest BCUT2D eigenvalue weighted by Crippen LogP contribution is 2.23. The van der Waals surface area contributed by atoms with Gasteiger partial charge in [-0.1, -0.05) is 0 Å². The number of hydrogen-bond donors (Lipinski definition) is 2. The summed E-state index contributed by atoms with van der Waals surface area (Å²) >= 11 is 1.98. The molecule has 1 atom stereocenters. The lowest BCUT2D eigenvalue weighted by molar-refractivity contribution is 0.121. The first kappa shape index (κ1) is 16.0. The molecule has 0 spiro atoms. The minimum absolute atomic E-state index is 0.325. The monoisotopic (exact) mass is 409 g/mol. The summed E-state index contributed by atoms with van der Waals surface area (Å²) in [5.41, 5.74) is 1.25. The van der Waals surface area contributed by atoms with Crippen LogP contribution in [-0.2, 0) is 6.54 Å². The molecule has 114 valence electrons. The van der Waals surface area contributed by atoms with Gasteiger partial charge in [0.05, 0.1) is 17.4 Å². The number of anilines is 1. The van der Waals surface area contributed by atoms with Crippen LogP contribution in [0.15, 0.2) is 18.5 Å². The topological polar surface area (TPSA) is 75.9 Å². The minimum Gasteiger partial charge on any atom is -0.392 e. The predicted octanol–water partition coefficient (Wildman–Crippen LogP) is 2.00. The highest BCUT2D eigenvalue weighted by atomic mass is 127. The normalized spacial score (nSPS) is 12.7. The van der Waals surface area contributed by atoms with E-state index in [-0.39, 0.29) is 0 Å². The number of aliphatic hydroxyl groups excluding tert-OH is 1. The smallest absolute Gasteiger partial charge is 0.257 e. The van der Waals surface area contributed by atoms with E-state index in [9.17, 15) is 13.9 Å². The van der Waals surface area contributed by atoms with E-state index in [1.165, 1.54) is 10.9 Å². The fourth-order valence-corrected chi connectivity index (χ4v) is 2.33. The SMILES string of the molecule is C[C@H](O)CNc1nccc(-c2cn(CC(F)F)nc2I)n1. The average Bonchev–Trinajstić information content (AvgIpc) is 2.76. The van der Waals surface area contributed by atoms with Crippen molar-refractivity contribution < 1.29 is 13.9 Å². The molecule has 2 heterocycles. The Morgan fingerprint density at radius 2 is 2.24 bits per heavy atom. The molecule has 9 heteroatoms. The van der Waals surface area contributed by atoms with Crippen LogP contribution >= 0.6 is 22.6 Å². The predicted molar refractivity (Wildman–Crippen MR) is 82.1 cm³/mol. The van der Waals surface area contributed by atoms with Gasteiger partial charge in [0.15, 0.2) is 0 Å². The summed E-state index contributed by atoms with van der Waals surface area (Å²) < 4.78 is 26.6. The van der Waals surface area contributed by atoms with Gasteiger partial charge in [-0.25, -0.2) is 18.7 Å². The standard InChI is InChI=1S/C12H14F2IN5O/c1-7(21)4-17-12-16-3-2-9(18-12)8-5-20(6-10(13)14)19-11(8)15/h2-3,5,7,10,21H,4,6H2,1H3,(H,16,17,18)/t7-/m0/s1. The molecule has 6 nitrogen and oxygen atoms in total. The van der Waals surface area contributed by atoms with E-state index in [4.69, 9.17) is 0 Å². The van der Waals surface area contributed by atoms with Crippen LogP contribution in [0.2, 0.25) is 0 Å². The molecule has 0 aliphatic heterocycles. The molecule has 0 saturated carbocycles. The number of halogens is 3. The molecule has 0 aromatic carbocycles. The molecule has 0 saturated heterocycles. The highest BCUT2D eigenvalue weighted by molar-refractivity contribution is 14.1. The molecule has 2 aromatic heterocycles. The van der Waals surface area contributed by atoms with Crippen molar-refractivity contribution >= 4 is 28.5 Å². The van der Waals surface area contributed by atoms with Crippen molar-refractivity contribution in [3.05, 3.63) is 22.2 Å². The van der Waals surface area contributed by atoms with Crippen molar-refractivity contribution in [1.29, 1.82) is 0 Å². The van der Waals surface area contributed by atoms with E-state index in [0.29, 0.717) is 27.5 Å². The molecule has 21 heavy (non-hydrogen) atoms. The first-order valence-corrected chi connectivity index (χ1v) is 7.30. The summed E-state index contributed by atoms with van der Waals surface area (Å²) in [5.74, 6) is 0.366. The molecular formula is C12H14F2IN5O. The summed E-state index contributed by atoms with van der Waals surface area (Å²) in [6, 6.07) is 1.68. The van der Waals surface area contributed by atoms with E-state index in [0.717, 1.165) is 0 Å². The Kier molecular flexibility index (Phi) is 5.39. The van der Waals surface area contributed by atoms with Crippen LogP contribution in [-0.4, -0.2) is 43.9 Å². The van der Waals surface area contributed by atoms with Crippen LogP contribution < -0.4 is 5.32 Å². The van der Waals surface area contributed by atoms with Crippen LogP contribution in [0.5, 0.6) is 0 Å².